The van der Waals surface area contributed by atoms with Crippen LogP contribution in [-0.2, 0) is 0 Å². The Bertz CT molecular complexity index is 462. The Morgan fingerprint density at radius 3 is 2.53 bits per heavy atom. The fourth-order valence-corrected chi connectivity index (χ4v) is 3.00. The smallest absolute Gasteiger partial charge is 0.0320 e. The van der Waals surface area contributed by atoms with Gasteiger partial charge >= 0.3 is 0 Å². The third-order valence-electron chi connectivity index (χ3n) is 3.95. The minimum atomic E-state index is 0.724. The molecule has 0 bridgehead atoms. The standard InChI is InChI=1S/C15H21NS/c1-9-4-5-12(16)8-13(9)14-6-10(2)11(3)7-15(14)17/h4-5,8,10-11,17H,6-7,16H2,1-3H3/t10-,11?/m0/s1. The molecule has 0 spiro atoms. The maximum absolute atomic E-state index is 5.89. The molecular formula is C15H21NS. The highest BCUT2D eigenvalue weighted by Gasteiger charge is 2.24. The monoisotopic (exact) mass is 247 g/mol. The molecule has 2 rings (SSSR count). The molecule has 1 unspecified atom stereocenters. The number of nitrogen functional groups attached to an aromatic ring is 1. The van der Waals surface area contributed by atoms with E-state index in [1.54, 1.807) is 0 Å². The van der Waals surface area contributed by atoms with Crippen molar-refractivity contribution in [2.24, 2.45) is 11.8 Å². The van der Waals surface area contributed by atoms with Gasteiger partial charge in [-0.3, -0.25) is 0 Å². The molecule has 0 heterocycles. The maximum Gasteiger partial charge on any atom is 0.0320 e. The molecule has 1 aliphatic rings. The number of hydrogen-bond acceptors (Lipinski definition) is 2. The Kier molecular flexibility index (Phi) is 3.53. The summed E-state index contributed by atoms with van der Waals surface area (Å²) >= 11 is 4.69. The molecule has 92 valence electrons. The van der Waals surface area contributed by atoms with Gasteiger partial charge in [0.1, 0.15) is 0 Å². The Balaban J connectivity index is 2.45. The topological polar surface area (TPSA) is 26.0 Å². The van der Waals surface area contributed by atoms with Crippen LogP contribution in [0.2, 0.25) is 0 Å². The first kappa shape index (κ1) is 12.6. The summed E-state index contributed by atoms with van der Waals surface area (Å²) in [5.41, 5.74) is 10.7. The van der Waals surface area contributed by atoms with Crippen LogP contribution < -0.4 is 5.73 Å². The lowest BCUT2D eigenvalue weighted by atomic mass is 9.79. The maximum atomic E-state index is 5.89. The van der Waals surface area contributed by atoms with Gasteiger partial charge in [0, 0.05) is 5.69 Å². The molecule has 2 heteroatoms. The van der Waals surface area contributed by atoms with Gasteiger partial charge in [0.05, 0.1) is 0 Å². The molecule has 0 fully saturated rings. The van der Waals surface area contributed by atoms with Crippen molar-refractivity contribution in [1.82, 2.24) is 0 Å². The first-order chi connectivity index (χ1) is 7.99. The number of benzene rings is 1. The van der Waals surface area contributed by atoms with Gasteiger partial charge in [-0.2, -0.15) is 0 Å². The molecule has 1 nitrogen and oxygen atoms in total. The zero-order valence-corrected chi connectivity index (χ0v) is 11.7. The van der Waals surface area contributed by atoms with E-state index in [4.69, 9.17) is 5.73 Å². The lowest BCUT2D eigenvalue weighted by Gasteiger charge is -2.29. The number of thiol groups is 1. The van der Waals surface area contributed by atoms with Crippen molar-refractivity contribution in [2.45, 2.75) is 33.6 Å². The van der Waals surface area contributed by atoms with Crippen LogP contribution in [0.15, 0.2) is 23.1 Å². The first-order valence-electron chi connectivity index (χ1n) is 6.26. The van der Waals surface area contributed by atoms with Gasteiger partial charge in [-0.1, -0.05) is 19.9 Å². The van der Waals surface area contributed by atoms with Gasteiger partial charge < -0.3 is 5.73 Å². The fourth-order valence-electron chi connectivity index (χ4n) is 2.50. The first-order valence-corrected chi connectivity index (χ1v) is 6.71. The van der Waals surface area contributed by atoms with Gasteiger partial charge in [-0.05, 0) is 65.3 Å². The molecule has 2 atom stereocenters. The Labute approximate surface area is 110 Å². The summed E-state index contributed by atoms with van der Waals surface area (Å²) in [5.74, 6) is 1.45. The summed E-state index contributed by atoms with van der Waals surface area (Å²) < 4.78 is 0. The summed E-state index contributed by atoms with van der Waals surface area (Å²) in [7, 11) is 0. The van der Waals surface area contributed by atoms with Crippen molar-refractivity contribution >= 4 is 23.9 Å². The van der Waals surface area contributed by atoms with Gasteiger partial charge in [-0.25, -0.2) is 0 Å². The Morgan fingerprint density at radius 1 is 1.18 bits per heavy atom. The third-order valence-corrected chi connectivity index (χ3v) is 4.40. The quantitative estimate of drug-likeness (QED) is 0.562. The van der Waals surface area contributed by atoms with E-state index in [0.717, 1.165) is 30.4 Å². The molecule has 0 amide bonds. The summed E-state index contributed by atoms with van der Waals surface area (Å²) in [4.78, 5) is 1.24. The lowest BCUT2D eigenvalue weighted by molar-refractivity contribution is 0.383. The molecule has 1 aromatic rings. The zero-order valence-electron chi connectivity index (χ0n) is 10.8. The molecule has 17 heavy (non-hydrogen) atoms. The average molecular weight is 247 g/mol. The van der Waals surface area contributed by atoms with Crippen LogP contribution >= 0.6 is 12.6 Å². The molecule has 0 aromatic heterocycles. The van der Waals surface area contributed by atoms with E-state index in [-0.39, 0.29) is 0 Å². The van der Waals surface area contributed by atoms with Crippen molar-refractivity contribution in [3.63, 3.8) is 0 Å². The molecule has 0 radical (unpaired) electrons. The third kappa shape index (κ3) is 2.52. The number of rotatable bonds is 1. The highest BCUT2D eigenvalue weighted by Crippen LogP contribution is 2.41. The average Bonchev–Trinajstić information content (AvgIpc) is 2.27. The lowest BCUT2D eigenvalue weighted by Crippen LogP contribution is -2.15. The van der Waals surface area contributed by atoms with Gasteiger partial charge in [0.15, 0.2) is 0 Å². The van der Waals surface area contributed by atoms with E-state index in [1.165, 1.54) is 21.6 Å². The number of allylic oxidation sites excluding steroid dienone is 2. The summed E-state index contributed by atoms with van der Waals surface area (Å²) in [6.07, 6.45) is 2.21. The molecule has 0 aliphatic heterocycles. The summed E-state index contributed by atoms with van der Waals surface area (Å²) in [6.45, 7) is 6.78. The van der Waals surface area contributed by atoms with E-state index in [0.29, 0.717) is 0 Å². The zero-order chi connectivity index (χ0) is 12.6. The van der Waals surface area contributed by atoms with E-state index < -0.39 is 0 Å². The van der Waals surface area contributed by atoms with Crippen LogP contribution in [0.1, 0.15) is 37.8 Å². The number of anilines is 1. The highest BCUT2D eigenvalue weighted by molar-refractivity contribution is 7.84. The van der Waals surface area contributed by atoms with Crippen LogP contribution in [-0.4, -0.2) is 0 Å². The predicted octanol–water partition coefficient (Wildman–Crippen LogP) is 4.28. The van der Waals surface area contributed by atoms with E-state index in [1.807, 2.05) is 6.07 Å². The number of aryl methyl sites for hydroxylation is 1. The summed E-state index contributed by atoms with van der Waals surface area (Å²) in [6, 6.07) is 6.15. The normalized spacial score (nSPS) is 25.2. The minimum absolute atomic E-state index is 0.724. The fraction of sp³-hybridized carbons (Fsp3) is 0.467. The van der Waals surface area contributed by atoms with Gasteiger partial charge in [0.2, 0.25) is 0 Å². The molecule has 2 N–H and O–H groups in total. The largest absolute Gasteiger partial charge is 0.399 e. The minimum Gasteiger partial charge on any atom is -0.399 e. The Hall–Kier alpha value is -0.890. The van der Waals surface area contributed by atoms with Crippen molar-refractivity contribution < 1.29 is 0 Å². The second kappa shape index (κ2) is 4.77. The summed E-state index contributed by atoms with van der Waals surface area (Å²) in [5, 5.41) is 0. The van der Waals surface area contributed by atoms with Gasteiger partial charge in [0.25, 0.3) is 0 Å². The van der Waals surface area contributed by atoms with Crippen molar-refractivity contribution in [2.75, 3.05) is 5.73 Å². The van der Waals surface area contributed by atoms with Crippen LogP contribution in [0.5, 0.6) is 0 Å². The second-order valence-electron chi connectivity index (χ2n) is 5.36. The van der Waals surface area contributed by atoms with Crippen LogP contribution in [0.4, 0.5) is 5.69 Å². The SMILES string of the molecule is Cc1ccc(N)cc1C1=C(S)CC(C)[C@@H](C)C1. The Morgan fingerprint density at radius 2 is 1.82 bits per heavy atom. The van der Waals surface area contributed by atoms with Crippen LogP contribution in [0, 0.1) is 18.8 Å². The van der Waals surface area contributed by atoms with E-state index in [9.17, 15) is 0 Å². The van der Waals surface area contributed by atoms with E-state index >= 15 is 0 Å². The van der Waals surface area contributed by atoms with Crippen molar-refractivity contribution in [3.05, 3.63) is 34.2 Å². The van der Waals surface area contributed by atoms with Crippen molar-refractivity contribution in [1.29, 1.82) is 0 Å². The van der Waals surface area contributed by atoms with Crippen LogP contribution in [0.3, 0.4) is 0 Å². The molecule has 1 aliphatic carbocycles. The molecular weight excluding hydrogens is 226 g/mol. The van der Waals surface area contributed by atoms with Gasteiger partial charge in [-0.15, -0.1) is 12.6 Å². The van der Waals surface area contributed by atoms with E-state index in [2.05, 4.69) is 45.5 Å². The van der Waals surface area contributed by atoms with Crippen molar-refractivity contribution in [3.8, 4) is 0 Å². The number of hydrogen-bond donors (Lipinski definition) is 2. The van der Waals surface area contributed by atoms with Crippen LogP contribution in [0.25, 0.3) is 5.57 Å². The molecule has 0 saturated carbocycles. The molecule has 0 saturated heterocycles. The number of nitrogens with two attached hydrogens (primary N) is 1. The molecule has 1 aromatic carbocycles. The predicted molar refractivity (Wildman–Crippen MR) is 79.1 cm³/mol. The second-order valence-corrected chi connectivity index (χ2v) is 5.90. The highest BCUT2D eigenvalue weighted by atomic mass is 32.1.